The zero-order valence-corrected chi connectivity index (χ0v) is 11.4. The van der Waals surface area contributed by atoms with Crippen LogP contribution in [0.3, 0.4) is 0 Å². The summed E-state index contributed by atoms with van der Waals surface area (Å²) in [4.78, 5) is 0. The van der Waals surface area contributed by atoms with Gasteiger partial charge in [0.05, 0.1) is 6.61 Å². The van der Waals surface area contributed by atoms with E-state index in [2.05, 4.69) is 45.5 Å². The molecule has 0 amide bonds. The predicted molar refractivity (Wildman–Crippen MR) is 72.3 cm³/mol. The van der Waals surface area contributed by atoms with Crippen molar-refractivity contribution in [2.45, 2.75) is 37.3 Å². The van der Waals surface area contributed by atoms with Gasteiger partial charge in [0, 0.05) is 23.2 Å². The maximum absolute atomic E-state index is 5.39. The highest BCUT2D eigenvalue weighted by Crippen LogP contribution is 2.38. The van der Waals surface area contributed by atoms with Crippen molar-refractivity contribution in [1.29, 1.82) is 0 Å². The molecule has 2 nitrogen and oxygen atoms in total. The topological polar surface area (TPSA) is 21.3 Å². The average molecular weight is 296 g/mol. The van der Waals surface area contributed by atoms with Gasteiger partial charge in [-0.3, -0.25) is 0 Å². The van der Waals surface area contributed by atoms with Crippen molar-refractivity contribution >= 4 is 15.9 Å². The molecular weight excluding hydrogens is 278 g/mol. The Morgan fingerprint density at radius 3 is 2.82 bits per heavy atom. The fraction of sp³-hybridized carbons (Fsp3) is 0.571. The molecule has 1 aromatic carbocycles. The van der Waals surface area contributed by atoms with Crippen LogP contribution in [0.15, 0.2) is 28.7 Å². The molecule has 0 aromatic heterocycles. The third-order valence-corrected chi connectivity index (χ3v) is 4.35. The van der Waals surface area contributed by atoms with Gasteiger partial charge in [-0.2, -0.15) is 0 Å². The van der Waals surface area contributed by atoms with Crippen LogP contribution in [-0.4, -0.2) is 25.3 Å². The van der Waals surface area contributed by atoms with Crippen LogP contribution in [0.4, 0.5) is 0 Å². The Labute approximate surface area is 111 Å². The minimum atomic E-state index is 0.600. The first-order valence-corrected chi connectivity index (χ1v) is 7.20. The van der Waals surface area contributed by atoms with Crippen molar-refractivity contribution in [2.24, 2.45) is 0 Å². The van der Waals surface area contributed by atoms with E-state index in [-0.39, 0.29) is 0 Å². The molecule has 1 unspecified atom stereocenters. The third-order valence-electron chi connectivity index (χ3n) is 3.86. The highest BCUT2D eigenvalue weighted by Gasteiger charge is 2.32. The van der Waals surface area contributed by atoms with Crippen LogP contribution in [0, 0.1) is 0 Å². The van der Waals surface area contributed by atoms with Crippen molar-refractivity contribution in [3.8, 4) is 0 Å². The smallest absolute Gasteiger partial charge is 0.0620 e. The predicted octanol–water partition coefficient (Wildman–Crippen LogP) is 3.07. The molecule has 1 saturated heterocycles. The van der Waals surface area contributed by atoms with Crippen LogP contribution < -0.4 is 5.32 Å². The van der Waals surface area contributed by atoms with Crippen molar-refractivity contribution in [1.82, 2.24) is 5.32 Å². The second kappa shape index (κ2) is 5.09. The van der Waals surface area contributed by atoms with E-state index in [4.69, 9.17) is 4.74 Å². The summed E-state index contributed by atoms with van der Waals surface area (Å²) in [5, 5.41) is 3.69. The van der Waals surface area contributed by atoms with E-state index in [0.717, 1.165) is 19.1 Å². The summed E-state index contributed by atoms with van der Waals surface area (Å²) in [5.41, 5.74) is 1.47. The van der Waals surface area contributed by atoms with Crippen LogP contribution in [0.1, 0.15) is 30.7 Å². The highest BCUT2D eigenvalue weighted by atomic mass is 79.9. The van der Waals surface area contributed by atoms with Gasteiger partial charge in [-0.1, -0.05) is 28.1 Å². The number of benzene rings is 1. The maximum Gasteiger partial charge on any atom is 0.0620 e. The Hall–Kier alpha value is -0.380. The third kappa shape index (κ3) is 2.72. The highest BCUT2D eigenvalue weighted by molar-refractivity contribution is 9.10. The number of hydrogen-bond donors (Lipinski definition) is 1. The molecule has 0 spiro atoms. The fourth-order valence-electron chi connectivity index (χ4n) is 2.79. The molecule has 3 heteroatoms. The number of hydrogen-bond acceptors (Lipinski definition) is 2. The number of halogens is 1. The lowest BCUT2D eigenvalue weighted by molar-refractivity contribution is 0.180. The van der Waals surface area contributed by atoms with Crippen LogP contribution in [0.5, 0.6) is 0 Å². The van der Waals surface area contributed by atoms with Crippen molar-refractivity contribution in [3.63, 3.8) is 0 Å². The van der Waals surface area contributed by atoms with E-state index in [1.807, 2.05) is 0 Å². The molecule has 1 aliphatic carbocycles. The van der Waals surface area contributed by atoms with E-state index < -0.39 is 0 Å². The molecule has 1 aliphatic heterocycles. The van der Waals surface area contributed by atoms with Crippen LogP contribution in [0.25, 0.3) is 0 Å². The molecule has 1 N–H and O–H groups in total. The van der Waals surface area contributed by atoms with E-state index in [1.165, 1.54) is 29.3 Å². The first-order chi connectivity index (χ1) is 8.31. The summed E-state index contributed by atoms with van der Waals surface area (Å²) in [6.45, 7) is 1.83. The molecule has 17 heavy (non-hydrogen) atoms. The Balaban J connectivity index is 1.50. The lowest BCUT2D eigenvalue weighted by Crippen LogP contribution is -2.45. The van der Waals surface area contributed by atoms with Gasteiger partial charge < -0.3 is 10.1 Å². The average Bonchev–Trinajstić information content (AvgIpc) is 2.75. The summed E-state index contributed by atoms with van der Waals surface area (Å²) < 4.78 is 6.58. The van der Waals surface area contributed by atoms with Gasteiger partial charge >= 0.3 is 0 Å². The van der Waals surface area contributed by atoms with E-state index in [9.17, 15) is 0 Å². The Bertz CT molecular complexity index is 384. The molecule has 1 aromatic rings. The Kier molecular flexibility index (Phi) is 3.50. The van der Waals surface area contributed by atoms with Gasteiger partial charge in [-0.05, 0) is 42.9 Å². The molecular formula is C14H18BrNO. The molecule has 1 heterocycles. The zero-order chi connectivity index (χ0) is 11.7. The molecule has 0 radical (unpaired) electrons. The van der Waals surface area contributed by atoms with Gasteiger partial charge in [0.25, 0.3) is 0 Å². The van der Waals surface area contributed by atoms with E-state index in [1.54, 1.807) is 0 Å². The minimum absolute atomic E-state index is 0.600. The largest absolute Gasteiger partial charge is 0.380 e. The minimum Gasteiger partial charge on any atom is -0.380 e. The standard InChI is InChI=1S/C14H18BrNO/c15-12-3-1-2-10(6-12)11-7-14(8-11)16-13-4-5-17-9-13/h1-3,6,11,13-14,16H,4-5,7-9H2. The molecule has 2 aliphatic rings. The van der Waals surface area contributed by atoms with Crippen molar-refractivity contribution in [3.05, 3.63) is 34.3 Å². The summed E-state index contributed by atoms with van der Waals surface area (Å²) in [5.74, 6) is 0.743. The summed E-state index contributed by atoms with van der Waals surface area (Å²) in [6.07, 6.45) is 3.72. The number of ether oxygens (including phenoxy) is 1. The summed E-state index contributed by atoms with van der Waals surface area (Å²) >= 11 is 3.54. The first-order valence-electron chi connectivity index (χ1n) is 6.40. The SMILES string of the molecule is Brc1cccc(C2CC(NC3CCOC3)C2)c1. The summed E-state index contributed by atoms with van der Waals surface area (Å²) in [7, 11) is 0. The number of rotatable bonds is 3. The quantitative estimate of drug-likeness (QED) is 0.925. The Morgan fingerprint density at radius 1 is 1.24 bits per heavy atom. The lowest BCUT2D eigenvalue weighted by atomic mass is 9.75. The normalized spacial score (nSPS) is 32.4. The van der Waals surface area contributed by atoms with Gasteiger partial charge in [-0.15, -0.1) is 0 Å². The zero-order valence-electron chi connectivity index (χ0n) is 9.86. The second-order valence-electron chi connectivity index (χ2n) is 5.15. The molecule has 3 rings (SSSR count). The number of nitrogens with one attached hydrogen (secondary N) is 1. The Morgan fingerprint density at radius 2 is 2.12 bits per heavy atom. The molecule has 92 valence electrons. The molecule has 1 atom stereocenters. The van der Waals surface area contributed by atoms with Crippen LogP contribution in [0.2, 0.25) is 0 Å². The van der Waals surface area contributed by atoms with Crippen LogP contribution >= 0.6 is 15.9 Å². The molecule has 2 fully saturated rings. The molecule has 1 saturated carbocycles. The van der Waals surface area contributed by atoms with Gasteiger partial charge in [-0.25, -0.2) is 0 Å². The van der Waals surface area contributed by atoms with Crippen LogP contribution in [-0.2, 0) is 4.74 Å². The second-order valence-corrected chi connectivity index (χ2v) is 6.06. The van der Waals surface area contributed by atoms with Gasteiger partial charge in [0.15, 0.2) is 0 Å². The fourth-order valence-corrected chi connectivity index (χ4v) is 3.20. The van der Waals surface area contributed by atoms with Gasteiger partial charge in [0.1, 0.15) is 0 Å². The van der Waals surface area contributed by atoms with Gasteiger partial charge in [0.2, 0.25) is 0 Å². The first kappa shape index (κ1) is 11.7. The molecule has 0 bridgehead atoms. The van der Waals surface area contributed by atoms with E-state index >= 15 is 0 Å². The monoisotopic (exact) mass is 295 g/mol. The lowest BCUT2D eigenvalue weighted by Gasteiger charge is -2.38. The van der Waals surface area contributed by atoms with Crippen molar-refractivity contribution < 1.29 is 4.74 Å². The van der Waals surface area contributed by atoms with E-state index in [0.29, 0.717) is 12.1 Å². The summed E-state index contributed by atoms with van der Waals surface area (Å²) in [6, 6.07) is 10.0. The van der Waals surface area contributed by atoms with Crippen molar-refractivity contribution in [2.75, 3.05) is 13.2 Å². The maximum atomic E-state index is 5.39.